The van der Waals surface area contributed by atoms with Gasteiger partial charge in [-0.3, -0.25) is 4.79 Å². The van der Waals surface area contributed by atoms with Crippen molar-refractivity contribution in [1.29, 1.82) is 0 Å². The topological polar surface area (TPSA) is 26.3 Å². The van der Waals surface area contributed by atoms with Crippen molar-refractivity contribution < 1.29 is 13.9 Å². The Balaban J connectivity index is 2.05. The number of aryl methyl sites for hydroxylation is 1. The van der Waals surface area contributed by atoms with Crippen molar-refractivity contribution in [3.8, 4) is 0 Å². The van der Waals surface area contributed by atoms with E-state index in [1.54, 1.807) is 6.07 Å². The molecule has 0 saturated carbocycles. The second-order valence-corrected chi connectivity index (χ2v) is 4.22. The highest BCUT2D eigenvalue weighted by molar-refractivity contribution is 5.85. The lowest BCUT2D eigenvalue weighted by Gasteiger charge is -2.09. The highest BCUT2D eigenvalue weighted by Crippen LogP contribution is 2.17. The van der Waals surface area contributed by atoms with Crippen LogP contribution in [-0.4, -0.2) is 18.5 Å². The molecule has 0 aromatic heterocycles. The number of carbonyl (C=O) groups excluding carboxylic acids is 1. The number of halogens is 1. The summed E-state index contributed by atoms with van der Waals surface area (Å²) in [7, 11) is 0. The van der Waals surface area contributed by atoms with Crippen molar-refractivity contribution in [1.82, 2.24) is 0 Å². The van der Waals surface area contributed by atoms with Crippen LogP contribution in [0.5, 0.6) is 0 Å². The lowest BCUT2D eigenvalue weighted by molar-refractivity contribution is -0.127. The summed E-state index contributed by atoms with van der Waals surface area (Å²) in [6, 6.07) is 4.53. The SMILES string of the molecule is Cc1cc(F)ccc1CC(=O)C1CCCO1. The Bertz CT molecular complexity index is 395. The first-order valence-corrected chi connectivity index (χ1v) is 5.56. The normalized spacial score (nSPS) is 20.0. The summed E-state index contributed by atoms with van der Waals surface area (Å²) in [5.74, 6) is -0.155. The Morgan fingerprint density at radius 3 is 3.00 bits per heavy atom. The molecular weight excluding hydrogens is 207 g/mol. The maximum absolute atomic E-state index is 12.9. The highest BCUT2D eigenvalue weighted by Gasteiger charge is 2.23. The third-order valence-corrected chi connectivity index (χ3v) is 2.96. The summed E-state index contributed by atoms with van der Waals surface area (Å²) in [6.45, 7) is 2.50. The number of hydrogen-bond donors (Lipinski definition) is 0. The van der Waals surface area contributed by atoms with E-state index in [9.17, 15) is 9.18 Å². The molecule has 86 valence electrons. The van der Waals surface area contributed by atoms with Crippen LogP contribution >= 0.6 is 0 Å². The third kappa shape index (κ3) is 2.47. The largest absolute Gasteiger partial charge is 0.370 e. The average Bonchev–Trinajstić information content (AvgIpc) is 2.75. The summed E-state index contributed by atoms with van der Waals surface area (Å²) in [4.78, 5) is 11.8. The van der Waals surface area contributed by atoms with Gasteiger partial charge in [0.05, 0.1) is 0 Å². The van der Waals surface area contributed by atoms with E-state index in [-0.39, 0.29) is 17.7 Å². The summed E-state index contributed by atoms with van der Waals surface area (Å²) in [5.41, 5.74) is 1.72. The van der Waals surface area contributed by atoms with Gasteiger partial charge in [0.15, 0.2) is 5.78 Å². The van der Waals surface area contributed by atoms with Crippen molar-refractivity contribution in [3.05, 3.63) is 35.1 Å². The van der Waals surface area contributed by atoms with E-state index >= 15 is 0 Å². The van der Waals surface area contributed by atoms with Gasteiger partial charge >= 0.3 is 0 Å². The Hall–Kier alpha value is -1.22. The number of Topliss-reactive ketones (excluding diaryl/α,β-unsaturated/α-hetero) is 1. The van der Waals surface area contributed by atoms with Gasteiger partial charge in [-0.25, -0.2) is 4.39 Å². The van der Waals surface area contributed by atoms with E-state index in [0.717, 1.165) is 24.0 Å². The predicted octanol–water partition coefficient (Wildman–Crippen LogP) is 2.42. The molecule has 1 saturated heterocycles. The van der Waals surface area contributed by atoms with Gasteiger partial charge in [0.2, 0.25) is 0 Å². The minimum atomic E-state index is -0.259. The molecule has 1 aromatic carbocycles. The molecule has 0 aliphatic carbocycles. The van der Waals surface area contributed by atoms with E-state index in [1.165, 1.54) is 12.1 Å². The van der Waals surface area contributed by atoms with E-state index in [4.69, 9.17) is 4.74 Å². The number of rotatable bonds is 3. The molecule has 1 atom stereocenters. The molecule has 0 bridgehead atoms. The molecule has 0 radical (unpaired) electrons. The monoisotopic (exact) mass is 222 g/mol. The third-order valence-electron chi connectivity index (χ3n) is 2.96. The fourth-order valence-corrected chi connectivity index (χ4v) is 1.99. The summed E-state index contributed by atoms with van der Waals surface area (Å²) in [5, 5.41) is 0. The van der Waals surface area contributed by atoms with Gasteiger partial charge in [-0.2, -0.15) is 0 Å². The molecule has 3 heteroatoms. The molecule has 1 aromatic rings. The average molecular weight is 222 g/mol. The van der Waals surface area contributed by atoms with Crippen LogP contribution in [0.15, 0.2) is 18.2 Å². The first-order valence-electron chi connectivity index (χ1n) is 5.56. The van der Waals surface area contributed by atoms with Crippen LogP contribution in [0.4, 0.5) is 4.39 Å². The number of hydrogen-bond acceptors (Lipinski definition) is 2. The van der Waals surface area contributed by atoms with E-state index in [1.807, 2.05) is 6.92 Å². The first-order chi connectivity index (χ1) is 7.66. The number of ketones is 1. The standard InChI is InChI=1S/C13H15FO2/c1-9-7-11(14)5-4-10(9)8-12(15)13-3-2-6-16-13/h4-5,7,13H,2-3,6,8H2,1H3. The molecular formula is C13H15FO2. The summed E-state index contributed by atoms with van der Waals surface area (Å²) < 4.78 is 18.2. The molecule has 0 spiro atoms. The second-order valence-electron chi connectivity index (χ2n) is 4.22. The summed E-state index contributed by atoms with van der Waals surface area (Å²) in [6.07, 6.45) is 1.87. The molecule has 1 aliphatic heterocycles. The molecule has 1 aliphatic rings. The maximum Gasteiger partial charge on any atom is 0.165 e. The van der Waals surface area contributed by atoms with E-state index in [2.05, 4.69) is 0 Å². The lowest BCUT2D eigenvalue weighted by Crippen LogP contribution is -2.21. The zero-order valence-electron chi connectivity index (χ0n) is 9.33. The van der Waals surface area contributed by atoms with Crippen molar-refractivity contribution in [2.75, 3.05) is 6.61 Å². The zero-order chi connectivity index (χ0) is 11.5. The van der Waals surface area contributed by atoms with Crippen LogP contribution in [0.3, 0.4) is 0 Å². The van der Waals surface area contributed by atoms with Gasteiger partial charge in [-0.05, 0) is 43.0 Å². The van der Waals surface area contributed by atoms with Gasteiger partial charge in [0.25, 0.3) is 0 Å². The Kier molecular flexibility index (Phi) is 3.34. The fraction of sp³-hybridized carbons (Fsp3) is 0.462. The van der Waals surface area contributed by atoms with Crippen molar-refractivity contribution in [2.45, 2.75) is 32.3 Å². The van der Waals surface area contributed by atoms with E-state index < -0.39 is 0 Å². The zero-order valence-corrected chi connectivity index (χ0v) is 9.33. The molecule has 1 unspecified atom stereocenters. The van der Waals surface area contributed by atoms with Crippen LogP contribution in [0.25, 0.3) is 0 Å². The lowest BCUT2D eigenvalue weighted by atomic mass is 10.00. The molecule has 2 rings (SSSR count). The predicted molar refractivity (Wildman–Crippen MR) is 58.8 cm³/mol. The molecule has 1 heterocycles. The number of ether oxygens (including phenoxy) is 1. The van der Waals surface area contributed by atoms with Crippen LogP contribution in [-0.2, 0) is 16.0 Å². The van der Waals surface area contributed by atoms with Crippen LogP contribution in [0, 0.1) is 12.7 Å². The molecule has 1 fully saturated rings. The van der Waals surface area contributed by atoms with Gasteiger partial charge in [0, 0.05) is 13.0 Å². The minimum absolute atomic E-state index is 0.104. The van der Waals surface area contributed by atoms with Gasteiger partial charge in [-0.1, -0.05) is 6.07 Å². The molecule has 16 heavy (non-hydrogen) atoms. The number of carbonyl (C=O) groups is 1. The Labute approximate surface area is 94.4 Å². The highest BCUT2D eigenvalue weighted by atomic mass is 19.1. The van der Waals surface area contributed by atoms with E-state index in [0.29, 0.717) is 13.0 Å². The molecule has 2 nitrogen and oxygen atoms in total. The van der Waals surface area contributed by atoms with Gasteiger partial charge in [0.1, 0.15) is 11.9 Å². The van der Waals surface area contributed by atoms with Crippen LogP contribution < -0.4 is 0 Å². The Morgan fingerprint density at radius 2 is 2.38 bits per heavy atom. The molecule has 0 amide bonds. The maximum atomic E-state index is 12.9. The smallest absolute Gasteiger partial charge is 0.165 e. The van der Waals surface area contributed by atoms with Crippen molar-refractivity contribution in [3.63, 3.8) is 0 Å². The summed E-state index contributed by atoms with van der Waals surface area (Å²) >= 11 is 0. The van der Waals surface area contributed by atoms with Gasteiger partial charge in [-0.15, -0.1) is 0 Å². The van der Waals surface area contributed by atoms with Crippen LogP contribution in [0.2, 0.25) is 0 Å². The van der Waals surface area contributed by atoms with Crippen molar-refractivity contribution in [2.24, 2.45) is 0 Å². The molecule has 0 N–H and O–H groups in total. The second kappa shape index (κ2) is 4.74. The first kappa shape index (κ1) is 11.3. The quantitative estimate of drug-likeness (QED) is 0.785. The Morgan fingerprint density at radius 1 is 1.56 bits per heavy atom. The van der Waals surface area contributed by atoms with Crippen LogP contribution in [0.1, 0.15) is 24.0 Å². The fourth-order valence-electron chi connectivity index (χ4n) is 1.99. The number of benzene rings is 1. The van der Waals surface area contributed by atoms with Crippen molar-refractivity contribution >= 4 is 5.78 Å². The minimum Gasteiger partial charge on any atom is -0.370 e. The van der Waals surface area contributed by atoms with Gasteiger partial charge < -0.3 is 4.74 Å².